The van der Waals surface area contributed by atoms with E-state index in [0.29, 0.717) is 23.9 Å². The van der Waals surface area contributed by atoms with Gasteiger partial charge in [0.15, 0.2) is 0 Å². The van der Waals surface area contributed by atoms with Gasteiger partial charge in [-0.2, -0.15) is 0 Å². The average molecular weight is 310 g/mol. The Morgan fingerprint density at radius 3 is 2.67 bits per heavy atom. The highest BCUT2D eigenvalue weighted by Crippen LogP contribution is 2.42. The summed E-state index contributed by atoms with van der Waals surface area (Å²) in [6.45, 7) is 1.93. The number of hydrogen-bond acceptors (Lipinski definition) is 5. The van der Waals surface area contributed by atoms with Crippen molar-refractivity contribution in [3.8, 4) is 0 Å². The number of likely N-dealkylation sites (tertiary alicyclic amines) is 1. The molecule has 3 rings (SSSR count). The summed E-state index contributed by atoms with van der Waals surface area (Å²) in [5.41, 5.74) is 0.731. The van der Waals surface area contributed by atoms with Crippen molar-refractivity contribution in [3.05, 3.63) is 15.6 Å². The van der Waals surface area contributed by atoms with E-state index in [4.69, 9.17) is 5.11 Å². The second kappa shape index (κ2) is 5.73. The van der Waals surface area contributed by atoms with Crippen LogP contribution in [-0.2, 0) is 11.3 Å². The number of nitrogens with zero attached hydrogens (tertiary/aromatic N) is 2. The molecule has 7 heteroatoms. The number of aromatic nitrogens is 1. The van der Waals surface area contributed by atoms with Crippen LogP contribution in [0, 0.1) is 5.92 Å². The summed E-state index contributed by atoms with van der Waals surface area (Å²) >= 11 is 1.24. The number of carboxylic acids is 2. The van der Waals surface area contributed by atoms with Crippen molar-refractivity contribution in [2.75, 3.05) is 13.1 Å². The van der Waals surface area contributed by atoms with Gasteiger partial charge in [0.25, 0.3) is 0 Å². The highest BCUT2D eigenvalue weighted by Gasteiger charge is 2.33. The van der Waals surface area contributed by atoms with Crippen LogP contribution in [0.4, 0.5) is 0 Å². The van der Waals surface area contributed by atoms with Crippen molar-refractivity contribution in [1.29, 1.82) is 0 Å². The number of carboxylic acid groups (broad SMARTS) is 2. The van der Waals surface area contributed by atoms with Crippen LogP contribution in [0.2, 0.25) is 0 Å². The van der Waals surface area contributed by atoms with Crippen LogP contribution in [-0.4, -0.2) is 45.1 Å². The number of aromatic carboxylic acids is 1. The second-order valence-electron chi connectivity index (χ2n) is 5.81. The fourth-order valence-corrected chi connectivity index (χ4v) is 3.86. The van der Waals surface area contributed by atoms with E-state index in [2.05, 4.69) is 9.88 Å². The van der Waals surface area contributed by atoms with Gasteiger partial charge in [-0.1, -0.05) is 0 Å². The summed E-state index contributed by atoms with van der Waals surface area (Å²) in [5, 5.41) is 19.2. The summed E-state index contributed by atoms with van der Waals surface area (Å²) in [6.07, 6.45) is 3.63. The molecule has 0 spiro atoms. The molecule has 0 bridgehead atoms. The first-order chi connectivity index (χ1) is 10.0. The molecular weight excluding hydrogens is 292 g/mol. The lowest BCUT2D eigenvalue weighted by Gasteiger charge is -2.29. The van der Waals surface area contributed by atoms with Crippen LogP contribution >= 0.6 is 11.3 Å². The number of thiazole rings is 1. The monoisotopic (exact) mass is 310 g/mol. The predicted octanol–water partition coefficient (Wildman–Crippen LogP) is 2.02. The Hall–Kier alpha value is -1.47. The molecule has 6 nitrogen and oxygen atoms in total. The van der Waals surface area contributed by atoms with E-state index >= 15 is 0 Å². The van der Waals surface area contributed by atoms with Gasteiger partial charge >= 0.3 is 11.9 Å². The molecule has 21 heavy (non-hydrogen) atoms. The summed E-state index contributed by atoms with van der Waals surface area (Å²) in [4.78, 5) is 29.3. The summed E-state index contributed by atoms with van der Waals surface area (Å²) in [7, 11) is 0. The smallest absolute Gasteiger partial charge is 0.347 e. The predicted molar refractivity (Wildman–Crippen MR) is 76.7 cm³/mol. The van der Waals surface area contributed by atoms with Gasteiger partial charge in [-0.15, -0.1) is 11.3 Å². The summed E-state index contributed by atoms with van der Waals surface area (Å²) in [5.74, 6) is -1.65. The van der Waals surface area contributed by atoms with E-state index in [9.17, 15) is 14.7 Å². The number of rotatable bonds is 5. The van der Waals surface area contributed by atoms with Gasteiger partial charge in [-0.05, 0) is 32.2 Å². The molecular formula is C14H18N2O4S. The lowest BCUT2D eigenvalue weighted by atomic mass is 9.98. The molecule has 2 heterocycles. The summed E-state index contributed by atoms with van der Waals surface area (Å²) < 4.78 is 0. The lowest BCUT2D eigenvalue weighted by Crippen LogP contribution is -2.38. The molecule has 1 aliphatic heterocycles. The van der Waals surface area contributed by atoms with Gasteiger partial charge in [0.05, 0.1) is 18.2 Å². The van der Waals surface area contributed by atoms with Crippen molar-refractivity contribution in [2.24, 2.45) is 5.92 Å². The van der Waals surface area contributed by atoms with Crippen molar-refractivity contribution in [2.45, 2.75) is 38.1 Å². The molecule has 2 N–H and O–H groups in total. The molecule has 1 aliphatic carbocycles. The second-order valence-corrected chi connectivity index (χ2v) is 6.90. The molecule has 0 aromatic carbocycles. The Labute approximate surface area is 126 Å². The normalized spacial score (nSPS) is 23.1. The molecule has 1 saturated carbocycles. The van der Waals surface area contributed by atoms with E-state index in [-0.39, 0.29) is 5.92 Å². The Morgan fingerprint density at radius 2 is 2.05 bits per heavy atom. The topological polar surface area (TPSA) is 90.7 Å². The van der Waals surface area contributed by atoms with E-state index in [1.807, 2.05) is 0 Å². The molecule has 1 saturated heterocycles. The van der Waals surface area contributed by atoms with Crippen molar-refractivity contribution < 1.29 is 19.8 Å². The summed E-state index contributed by atoms with van der Waals surface area (Å²) in [6, 6.07) is 0. The van der Waals surface area contributed by atoms with Gasteiger partial charge in [0.2, 0.25) is 0 Å². The maximum absolute atomic E-state index is 11.3. The lowest BCUT2D eigenvalue weighted by molar-refractivity contribution is -0.143. The van der Waals surface area contributed by atoms with Crippen LogP contribution in [0.25, 0.3) is 0 Å². The van der Waals surface area contributed by atoms with Gasteiger partial charge < -0.3 is 10.2 Å². The minimum Gasteiger partial charge on any atom is -0.481 e. The number of piperidine rings is 1. The number of aliphatic carboxylic acids is 1. The first-order valence-electron chi connectivity index (χ1n) is 7.22. The first kappa shape index (κ1) is 14.5. The highest BCUT2D eigenvalue weighted by atomic mass is 32.1. The Bertz CT molecular complexity index is 567. The van der Waals surface area contributed by atoms with Crippen LogP contribution in [0.3, 0.4) is 0 Å². The van der Waals surface area contributed by atoms with E-state index in [1.54, 1.807) is 0 Å². The third-order valence-corrected chi connectivity index (χ3v) is 5.11. The molecule has 1 unspecified atom stereocenters. The highest BCUT2D eigenvalue weighted by molar-refractivity contribution is 7.13. The zero-order valence-corrected chi connectivity index (χ0v) is 12.4. The van der Waals surface area contributed by atoms with Crippen molar-refractivity contribution >= 4 is 23.3 Å². The van der Waals surface area contributed by atoms with Crippen molar-refractivity contribution in [3.63, 3.8) is 0 Å². The molecule has 0 radical (unpaired) electrons. The molecule has 114 valence electrons. The fourth-order valence-electron chi connectivity index (χ4n) is 2.82. The Morgan fingerprint density at radius 1 is 1.29 bits per heavy atom. The van der Waals surface area contributed by atoms with Crippen LogP contribution < -0.4 is 0 Å². The molecule has 2 aliphatic rings. The van der Waals surface area contributed by atoms with E-state index in [1.165, 1.54) is 11.3 Å². The van der Waals surface area contributed by atoms with Crippen LogP contribution in [0.15, 0.2) is 0 Å². The quantitative estimate of drug-likeness (QED) is 0.864. The van der Waals surface area contributed by atoms with Crippen LogP contribution in [0.5, 0.6) is 0 Å². The Kier molecular flexibility index (Phi) is 3.95. The maximum atomic E-state index is 11.3. The maximum Gasteiger partial charge on any atom is 0.347 e. The molecule has 1 aromatic rings. The van der Waals surface area contributed by atoms with E-state index < -0.39 is 11.9 Å². The standard InChI is InChI=1S/C14H18N2O4S/c17-13(18)9-2-1-5-16(6-9)7-10-15-11(8-3-4-8)12(21-10)14(19)20/h8-9H,1-7H2,(H,17,18)(H,19,20). The van der Waals surface area contributed by atoms with Crippen molar-refractivity contribution in [1.82, 2.24) is 9.88 Å². The first-order valence-corrected chi connectivity index (χ1v) is 8.04. The number of carbonyl (C=O) groups is 2. The van der Waals surface area contributed by atoms with Gasteiger partial charge in [0, 0.05) is 12.5 Å². The zero-order valence-electron chi connectivity index (χ0n) is 11.6. The fraction of sp³-hybridized carbons (Fsp3) is 0.643. The average Bonchev–Trinajstić information content (AvgIpc) is 3.20. The van der Waals surface area contributed by atoms with Gasteiger partial charge in [0.1, 0.15) is 9.88 Å². The molecule has 2 fully saturated rings. The van der Waals surface area contributed by atoms with E-state index in [0.717, 1.165) is 42.9 Å². The molecule has 1 aromatic heterocycles. The zero-order chi connectivity index (χ0) is 15.0. The SMILES string of the molecule is O=C(O)c1sc(CN2CCCC(C(=O)O)C2)nc1C1CC1. The molecule has 1 atom stereocenters. The van der Waals surface area contributed by atoms with Gasteiger partial charge in [-0.3, -0.25) is 9.69 Å². The largest absolute Gasteiger partial charge is 0.481 e. The van der Waals surface area contributed by atoms with Gasteiger partial charge in [-0.25, -0.2) is 9.78 Å². The minimum absolute atomic E-state index is 0.314. The third kappa shape index (κ3) is 3.24. The van der Waals surface area contributed by atoms with Crippen LogP contribution in [0.1, 0.15) is 52.0 Å². The molecule has 0 amide bonds. The Balaban J connectivity index is 1.71. The minimum atomic E-state index is -0.900. The number of hydrogen-bond donors (Lipinski definition) is 2. The third-order valence-electron chi connectivity index (χ3n) is 4.07.